The van der Waals surface area contributed by atoms with Crippen molar-refractivity contribution >= 4 is 16.7 Å². The number of esters is 1. The Bertz CT molecular complexity index is 1130. The molecular formula is C24H20N2O3. The smallest absolute Gasteiger partial charge is 0.341 e. The molecule has 0 amide bonds. The first-order chi connectivity index (χ1) is 14.2. The maximum atomic E-state index is 11.7. The summed E-state index contributed by atoms with van der Waals surface area (Å²) in [4.78, 5) is 20.3. The molecule has 5 heteroatoms. The SMILES string of the molecule is CCOC(=O)c1cnc(-c2ccc3cc(OCc4ccccc4)ccc3c2)nc1. The number of hydrogen-bond donors (Lipinski definition) is 0. The first kappa shape index (κ1) is 18.6. The Hall–Kier alpha value is -3.73. The minimum Gasteiger partial charge on any atom is -0.489 e. The molecule has 0 aliphatic carbocycles. The second-order valence-corrected chi connectivity index (χ2v) is 6.51. The van der Waals surface area contributed by atoms with Gasteiger partial charge in [-0.1, -0.05) is 48.5 Å². The van der Waals surface area contributed by atoms with E-state index in [1.54, 1.807) is 6.92 Å². The molecule has 0 saturated heterocycles. The summed E-state index contributed by atoms with van der Waals surface area (Å²) in [5.41, 5.74) is 2.36. The van der Waals surface area contributed by atoms with Crippen LogP contribution in [0.5, 0.6) is 5.75 Å². The fraction of sp³-hybridized carbons (Fsp3) is 0.125. The van der Waals surface area contributed by atoms with E-state index in [2.05, 4.69) is 9.97 Å². The van der Waals surface area contributed by atoms with Crippen molar-refractivity contribution in [3.8, 4) is 17.1 Å². The second kappa shape index (κ2) is 8.52. The number of hydrogen-bond acceptors (Lipinski definition) is 5. The molecule has 1 heterocycles. The molecule has 4 aromatic rings. The van der Waals surface area contributed by atoms with Crippen molar-refractivity contribution in [1.82, 2.24) is 9.97 Å². The van der Waals surface area contributed by atoms with Gasteiger partial charge in [0.2, 0.25) is 0 Å². The normalized spacial score (nSPS) is 10.7. The number of fused-ring (bicyclic) bond motifs is 1. The van der Waals surface area contributed by atoms with Crippen LogP contribution < -0.4 is 4.74 Å². The number of ether oxygens (including phenoxy) is 2. The Morgan fingerprint density at radius 1 is 0.897 bits per heavy atom. The van der Waals surface area contributed by atoms with Crippen molar-refractivity contribution in [2.75, 3.05) is 6.61 Å². The summed E-state index contributed by atoms with van der Waals surface area (Å²) in [5, 5.41) is 2.13. The van der Waals surface area contributed by atoms with E-state index in [9.17, 15) is 4.79 Å². The van der Waals surface area contributed by atoms with E-state index < -0.39 is 5.97 Å². The second-order valence-electron chi connectivity index (χ2n) is 6.51. The number of carbonyl (C=O) groups excluding carboxylic acids is 1. The van der Waals surface area contributed by atoms with Crippen molar-refractivity contribution in [2.45, 2.75) is 13.5 Å². The van der Waals surface area contributed by atoms with Gasteiger partial charge in [-0.05, 0) is 41.5 Å². The maximum Gasteiger partial charge on any atom is 0.341 e. The molecule has 1 aromatic heterocycles. The Morgan fingerprint density at radius 2 is 1.62 bits per heavy atom. The first-order valence-electron chi connectivity index (χ1n) is 9.43. The van der Waals surface area contributed by atoms with Crippen molar-refractivity contribution in [2.24, 2.45) is 0 Å². The lowest BCUT2D eigenvalue weighted by molar-refractivity contribution is 0.0525. The van der Waals surface area contributed by atoms with Crippen LogP contribution in [0.15, 0.2) is 79.1 Å². The maximum absolute atomic E-state index is 11.7. The Balaban J connectivity index is 1.51. The molecule has 0 saturated carbocycles. The Kier molecular flexibility index (Phi) is 5.47. The standard InChI is InChI=1S/C24H20N2O3/c1-2-28-24(27)21-14-25-23(26-15-21)20-9-8-19-13-22(11-10-18(19)12-20)29-16-17-6-4-3-5-7-17/h3-15H,2,16H2,1H3. The van der Waals surface area contributed by atoms with Gasteiger partial charge in [-0.25, -0.2) is 14.8 Å². The largest absolute Gasteiger partial charge is 0.489 e. The van der Waals surface area contributed by atoms with E-state index >= 15 is 0 Å². The van der Waals surface area contributed by atoms with Gasteiger partial charge in [0.05, 0.1) is 12.2 Å². The van der Waals surface area contributed by atoms with Gasteiger partial charge < -0.3 is 9.47 Å². The molecule has 0 unspecified atom stereocenters. The molecule has 0 bridgehead atoms. The number of benzene rings is 3. The van der Waals surface area contributed by atoms with Crippen molar-refractivity contribution < 1.29 is 14.3 Å². The monoisotopic (exact) mass is 384 g/mol. The highest BCUT2D eigenvalue weighted by Gasteiger charge is 2.09. The van der Waals surface area contributed by atoms with Gasteiger partial charge in [-0.15, -0.1) is 0 Å². The van der Waals surface area contributed by atoms with Crippen LogP contribution >= 0.6 is 0 Å². The molecular weight excluding hydrogens is 364 g/mol. The van der Waals surface area contributed by atoms with Crippen molar-refractivity contribution in [1.29, 1.82) is 0 Å². The first-order valence-corrected chi connectivity index (χ1v) is 9.43. The average Bonchev–Trinajstić information content (AvgIpc) is 2.78. The third-order valence-corrected chi connectivity index (χ3v) is 4.48. The molecule has 0 fully saturated rings. The van der Waals surface area contributed by atoms with Crippen LogP contribution in [0.1, 0.15) is 22.8 Å². The highest BCUT2D eigenvalue weighted by molar-refractivity contribution is 5.89. The predicted octanol–water partition coefficient (Wildman–Crippen LogP) is 5.05. The van der Waals surface area contributed by atoms with Gasteiger partial charge >= 0.3 is 5.97 Å². The van der Waals surface area contributed by atoms with Crippen LogP contribution in [-0.4, -0.2) is 22.5 Å². The summed E-state index contributed by atoms with van der Waals surface area (Å²) in [6.45, 7) is 2.62. The lowest BCUT2D eigenvalue weighted by Gasteiger charge is -2.08. The third kappa shape index (κ3) is 4.41. The molecule has 0 spiro atoms. The van der Waals surface area contributed by atoms with Gasteiger partial charge in [-0.2, -0.15) is 0 Å². The van der Waals surface area contributed by atoms with Crippen LogP contribution in [0.3, 0.4) is 0 Å². The average molecular weight is 384 g/mol. The van der Waals surface area contributed by atoms with Gasteiger partial charge in [0.25, 0.3) is 0 Å². The summed E-state index contributed by atoms with van der Waals surface area (Å²) >= 11 is 0. The molecule has 0 aliphatic heterocycles. The van der Waals surface area contributed by atoms with E-state index in [1.165, 1.54) is 12.4 Å². The van der Waals surface area contributed by atoms with Crippen molar-refractivity contribution in [3.05, 3.63) is 90.3 Å². The molecule has 29 heavy (non-hydrogen) atoms. The molecule has 5 nitrogen and oxygen atoms in total. The quantitative estimate of drug-likeness (QED) is 0.435. The summed E-state index contributed by atoms with van der Waals surface area (Å²) < 4.78 is 10.9. The zero-order chi connectivity index (χ0) is 20.1. The van der Waals surface area contributed by atoms with Crippen LogP contribution in [0.4, 0.5) is 0 Å². The van der Waals surface area contributed by atoms with Gasteiger partial charge in [0, 0.05) is 18.0 Å². The highest BCUT2D eigenvalue weighted by atomic mass is 16.5. The van der Waals surface area contributed by atoms with Crippen LogP contribution in [0, 0.1) is 0 Å². The van der Waals surface area contributed by atoms with E-state index in [4.69, 9.17) is 9.47 Å². The van der Waals surface area contributed by atoms with E-state index in [0.29, 0.717) is 24.6 Å². The fourth-order valence-electron chi connectivity index (χ4n) is 2.99. The summed E-state index contributed by atoms with van der Waals surface area (Å²) in [6, 6.07) is 22.1. The summed E-state index contributed by atoms with van der Waals surface area (Å²) in [5.74, 6) is 0.967. The molecule has 0 radical (unpaired) electrons. The highest BCUT2D eigenvalue weighted by Crippen LogP contribution is 2.26. The number of aromatic nitrogens is 2. The van der Waals surface area contributed by atoms with Gasteiger partial charge in [0.1, 0.15) is 12.4 Å². The van der Waals surface area contributed by atoms with Gasteiger partial charge in [0.15, 0.2) is 5.82 Å². The van der Waals surface area contributed by atoms with E-state index in [0.717, 1.165) is 27.6 Å². The summed E-state index contributed by atoms with van der Waals surface area (Å²) in [7, 11) is 0. The Labute approximate surface area is 169 Å². The number of rotatable bonds is 6. The van der Waals surface area contributed by atoms with Crippen LogP contribution in [0.25, 0.3) is 22.2 Å². The van der Waals surface area contributed by atoms with Crippen LogP contribution in [-0.2, 0) is 11.3 Å². The Morgan fingerprint density at radius 3 is 2.38 bits per heavy atom. The zero-order valence-electron chi connectivity index (χ0n) is 16.0. The minimum atomic E-state index is -0.416. The minimum absolute atomic E-state index is 0.322. The van der Waals surface area contributed by atoms with Gasteiger partial charge in [-0.3, -0.25) is 0 Å². The topological polar surface area (TPSA) is 61.3 Å². The fourth-order valence-corrected chi connectivity index (χ4v) is 2.99. The molecule has 0 N–H and O–H groups in total. The summed E-state index contributed by atoms with van der Waals surface area (Å²) in [6.07, 6.45) is 2.98. The van der Waals surface area contributed by atoms with Crippen molar-refractivity contribution in [3.63, 3.8) is 0 Å². The number of carbonyl (C=O) groups is 1. The molecule has 0 atom stereocenters. The lowest BCUT2D eigenvalue weighted by atomic mass is 10.1. The third-order valence-electron chi connectivity index (χ3n) is 4.48. The van der Waals surface area contributed by atoms with E-state index in [-0.39, 0.29) is 0 Å². The zero-order valence-corrected chi connectivity index (χ0v) is 16.0. The molecule has 3 aromatic carbocycles. The lowest BCUT2D eigenvalue weighted by Crippen LogP contribution is -2.06. The number of nitrogens with zero attached hydrogens (tertiary/aromatic N) is 2. The predicted molar refractivity (Wildman–Crippen MR) is 112 cm³/mol. The molecule has 0 aliphatic rings. The molecule has 4 rings (SSSR count). The van der Waals surface area contributed by atoms with Crippen LogP contribution in [0.2, 0.25) is 0 Å². The molecule has 144 valence electrons. The van der Waals surface area contributed by atoms with E-state index in [1.807, 2.05) is 66.7 Å².